The number of esters is 1. The molecule has 10 nitrogen and oxygen atoms in total. The maximum absolute atomic E-state index is 14.3. The number of ether oxygens (including phenoxy) is 1. The molecule has 0 saturated carbocycles. The summed E-state index contributed by atoms with van der Waals surface area (Å²) in [5.41, 5.74) is -6.32. The van der Waals surface area contributed by atoms with E-state index in [0.717, 1.165) is 42.5 Å². The first-order valence-electron chi connectivity index (χ1n) is 10.5. The molecular formula is C23H15ClF3N3O7S. The van der Waals surface area contributed by atoms with Gasteiger partial charge in [-0.25, -0.2) is 13.2 Å². The molecule has 1 atom stereocenters. The first-order valence-corrected chi connectivity index (χ1v) is 12.3. The number of fused-ring (bicyclic) bond motifs is 1. The fraction of sp³-hybridized carbons (Fsp3) is 0.130. The predicted octanol–water partition coefficient (Wildman–Crippen LogP) is 4.92. The lowest BCUT2D eigenvalue weighted by molar-refractivity contribution is -0.385. The van der Waals surface area contributed by atoms with Gasteiger partial charge in [-0.15, -0.1) is 0 Å². The Kier molecular flexibility index (Phi) is 6.57. The Hall–Kier alpha value is -4.17. The summed E-state index contributed by atoms with van der Waals surface area (Å²) in [5.74, 6) is -3.37. The Morgan fingerprint density at radius 2 is 1.82 bits per heavy atom. The summed E-state index contributed by atoms with van der Waals surface area (Å²) in [6, 6.07) is 10.7. The number of anilines is 2. The van der Waals surface area contributed by atoms with Crippen LogP contribution in [0.1, 0.15) is 21.5 Å². The summed E-state index contributed by atoms with van der Waals surface area (Å²) in [4.78, 5) is 35.5. The molecule has 198 valence electrons. The third-order valence-corrected chi connectivity index (χ3v) is 7.38. The quantitative estimate of drug-likeness (QED) is 0.243. The normalized spacial score (nSPS) is 16.9. The largest absolute Gasteiger partial charge is 0.442 e. The number of aryl methyl sites for hydroxylation is 1. The number of nitrogens with zero attached hydrogens (tertiary/aromatic N) is 1. The number of alkyl halides is 3. The number of nitro benzene ring substituents is 1. The van der Waals surface area contributed by atoms with Gasteiger partial charge in [-0.1, -0.05) is 35.9 Å². The number of hydrogen-bond donors (Lipinski definition) is 2. The van der Waals surface area contributed by atoms with Gasteiger partial charge in [0.05, 0.1) is 26.8 Å². The molecule has 1 unspecified atom stereocenters. The monoisotopic (exact) mass is 569 g/mol. The van der Waals surface area contributed by atoms with Crippen molar-refractivity contribution in [3.05, 3.63) is 92.5 Å². The van der Waals surface area contributed by atoms with E-state index in [1.54, 1.807) is 0 Å². The van der Waals surface area contributed by atoms with Crippen LogP contribution in [0.5, 0.6) is 0 Å². The molecule has 0 fully saturated rings. The molecule has 1 aliphatic heterocycles. The highest BCUT2D eigenvalue weighted by molar-refractivity contribution is 7.92. The second-order valence-electron chi connectivity index (χ2n) is 8.07. The van der Waals surface area contributed by atoms with Crippen LogP contribution in [0.15, 0.2) is 65.6 Å². The number of carbonyl (C=O) groups is 2. The molecule has 38 heavy (non-hydrogen) atoms. The number of nitro groups is 1. The van der Waals surface area contributed by atoms with E-state index < -0.39 is 66.0 Å². The van der Waals surface area contributed by atoms with Crippen LogP contribution in [0.25, 0.3) is 0 Å². The lowest BCUT2D eigenvalue weighted by atomic mass is 9.94. The molecule has 0 aliphatic carbocycles. The van der Waals surface area contributed by atoms with Gasteiger partial charge in [0.1, 0.15) is 0 Å². The van der Waals surface area contributed by atoms with E-state index in [2.05, 4.69) is 4.72 Å². The lowest BCUT2D eigenvalue weighted by Crippen LogP contribution is -2.51. The topological polar surface area (TPSA) is 145 Å². The number of rotatable bonds is 6. The molecule has 0 spiro atoms. The van der Waals surface area contributed by atoms with Crippen molar-refractivity contribution >= 4 is 50.6 Å². The SMILES string of the molecule is Cc1ccc([N+](=O)[O-])cc1S(=O)(=O)Nc1ccccc1C(=O)OC1(C(F)(F)F)C(=O)Nc2cc(Cl)ccc21. The fourth-order valence-electron chi connectivity index (χ4n) is 3.84. The Bertz CT molecular complexity index is 1610. The number of para-hydroxylation sites is 1. The number of non-ortho nitro benzene ring substituents is 1. The van der Waals surface area contributed by atoms with Gasteiger partial charge >= 0.3 is 17.7 Å². The highest BCUT2D eigenvalue weighted by Crippen LogP contribution is 2.50. The second-order valence-corrected chi connectivity index (χ2v) is 10.2. The average molecular weight is 570 g/mol. The van der Waals surface area contributed by atoms with Gasteiger partial charge in [0, 0.05) is 22.7 Å². The minimum atomic E-state index is -5.42. The van der Waals surface area contributed by atoms with Crippen LogP contribution in [-0.2, 0) is 25.2 Å². The number of carbonyl (C=O) groups excluding carboxylic acids is 2. The van der Waals surface area contributed by atoms with E-state index in [1.807, 2.05) is 5.32 Å². The number of nitrogens with one attached hydrogen (secondary N) is 2. The summed E-state index contributed by atoms with van der Waals surface area (Å²) < 4.78 is 75.9. The van der Waals surface area contributed by atoms with Crippen molar-refractivity contribution < 1.29 is 40.8 Å². The molecule has 3 aromatic rings. The molecule has 0 saturated heterocycles. The zero-order valence-electron chi connectivity index (χ0n) is 19.0. The second kappa shape index (κ2) is 9.29. The van der Waals surface area contributed by atoms with Gasteiger partial charge < -0.3 is 10.1 Å². The van der Waals surface area contributed by atoms with E-state index in [-0.39, 0.29) is 16.3 Å². The van der Waals surface area contributed by atoms with Gasteiger partial charge in [0.15, 0.2) is 0 Å². The molecule has 0 radical (unpaired) electrons. The van der Waals surface area contributed by atoms with E-state index in [4.69, 9.17) is 16.3 Å². The third kappa shape index (κ3) is 4.52. The molecule has 3 aromatic carbocycles. The standard InChI is InChI=1S/C23H15ClF3N3O7S/c1-12-6-8-14(30(33)34)11-19(12)38(35,36)29-17-5-3-2-4-15(17)20(31)37-22(23(25,26)27)16-9-7-13(24)10-18(16)28-21(22)32/h2-11,29H,1H3,(H,28,32). The molecule has 2 N–H and O–H groups in total. The average Bonchev–Trinajstić information content (AvgIpc) is 3.10. The van der Waals surface area contributed by atoms with Crippen molar-refractivity contribution in [2.75, 3.05) is 10.0 Å². The summed E-state index contributed by atoms with van der Waals surface area (Å²) in [7, 11) is -4.57. The molecule has 1 heterocycles. The van der Waals surface area contributed by atoms with Crippen molar-refractivity contribution in [3.63, 3.8) is 0 Å². The van der Waals surface area contributed by atoms with Crippen molar-refractivity contribution in [1.82, 2.24) is 0 Å². The molecular weight excluding hydrogens is 555 g/mol. The minimum absolute atomic E-state index is 0.0181. The molecule has 1 amide bonds. The van der Waals surface area contributed by atoms with Gasteiger partial charge in [-0.05, 0) is 36.8 Å². The van der Waals surface area contributed by atoms with Crippen LogP contribution in [0.2, 0.25) is 5.02 Å². The number of halogens is 4. The smallest absolute Gasteiger partial charge is 0.430 e. The first-order chi connectivity index (χ1) is 17.7. The summed E-state index contributed by atoms with van der Waals surface area (Å²) in [6.45, 7) is 1.37. The van der Waals surface area contributed by atoms with Crippen LogP contribution < -0.4 is 10.0 Å². The highest BCUT2D eigenvalue weighted by atomic mass is 35.5. The number of amides is 1. The van der Waals surface area contributed by atoms with Gasteiger partial charge in [0.25, 0.3) is 21.6 Å². The molecule has 0 aromatic heterocycles. The predicted molar refractivity (Wildman–Crippen MR) is 128 cm³/mol. The van der Waals surface area contributed by atoms with Crippen molar-refractivity contribution in [1.29, 1.82) is 0 Å². The van der Waals surface area contributed by atoms with Crippen LogP contribution in [0, 0.1) is 17.0 Å². The van der Waals surface area contributed by atoms with Crippen LogP contribution in [0.3, 0.4) is 0 Å². The van der Waals surface area contributed by atoms with Gasteiger partial charge in [0.2, 0.25) is 0 Å². The maximum Gasteiger partial charge on any atom is 0.442 e. The number of benzene rings is 3. The van der Waals surface area contributed by atoms with Crippen molar-refractivity contribution in [2.45, 2.75) is 23.6 Å². The summed E-state index contributed by atoms with van der Waals surface area (Å²) in [5, 5.41) is 13.1. The Morgan fingerprint density at radius 3 is 2.47 bits per heavy atom. The Balaban J connectivity index is 1.75. The molecule has 0 bridgehead atoms. The first kappa shape index (κ1) is 26.9. The van der Waals surface area contributed by atoms with Crippen LogP contribution in [0.4, 0.5) is 30.2 Å². The Morgan fingerprint density at radius 1 is 1.13 bits per heavy atom. The van der Waals surface area contributed by atoms with E-state index in [1.165, 1.54) is 25.1 Å². The van der Waals surface area contributed by atoms with E-state index in [0.29, 0.717) is 0 Å². The Labute approximate surface area is 217 Å². The lowest BCUT2D eigenvalue weighted by Gasteiger charge is -2.29. The van der Waals surface area contributed by atoms with Crippen LogP contribution >= 0.6 is 11.6 Å². The third-order valence-electron chi connectivity index (χ3n) is 5.64. The summed E-state index contributed by atoms with van der Waals surface area (Å²) >= 11 is 5.81. The van der Waals surface area contributed by atoms with Crippen molar-refractivity contribution in [3.8, 4) is 0 Å². The zero-order valence-corrected chi connectivity index (χ0v) is 20.6. The van der Waals surface area contributed by atoms with Gasteiger partial charge in [-0.2, -0.15) is 13.2 Å². The highest BCUT2D eigenvalue weighted by Gasteiger charge is 2.69. The number of hydrogen-bond acceptors (Lipinski definition) is 7. The fourth-order valence-corrected chi connectivity index (χ4v) is 5.35. The van der Waals surface area contributed by atoms with Gasteiger partial charge in [-0.3, -0.25) is 19.6 Å². The minimum Gasteiger partial charge on any atom is -0.430 e. The zero-order chi connectivity index (χ0) is 28.0. The molecule has 4 rings (SSSR count). The van der Waals surface area contributed by atoms with Crippen molar-refractivity contribution in [2.24, 2.45) is 0 Å². The van der Waals surface area contributed by atoms with E-state index in [9.17, 15) is 41.3 Å². The summed E-state index contributed by atoms with van der Waals surface area (Å²) in [6.07, 6.45) is -5.42. The number of sulfonamides is 1. The molecule has 15 heteroatoms. The van der Waals surface area contributed by atoms with Crippen LogP contribution in [-0.4, -0.2) is 31.4 Å². The van der Waals surface area contributed by atoms with E-state index >= 15 is 0 Å². The maximum atomic E-state index is 14.3. The molecule has 1 aliphatic rings.